The summed E-state index contributed by atoms with van der Waals surface area (Å²) in [5, 5.41) is 0. The number of carbonyl (C=O) groups is 2. The molecule has 0 aliphatic carbocycles. The highest BCUT2D eigenvalue weighted by Gasteiger charge is 2.24. The molecule has 308 valence electrons. The van der Waals surface area contributed by atoms with Crippen LogP contribution in [0.5, 0.6) is 0 Å². The maximum atomic E-state index is 12.5. The summed E-state index contributed by atoms with van der Waals surface area (Å²) in [7, 11) is -3.19. The number of carbonyl (C=O) groups excluding carboxylic acids is 2. The quantitative estimate of drug-likeness (QED) is 0.0284. The van der Waals surface area contributed by atoms with Crippen LogP contribution in [0.4, 0.5) is 0 Å². The molecule has 2 unspecified atom stereocenters. The van der Waals surface area contributed by atoms with Crippen LogP contribution >= 0.6 is 7.82 Å². The molecule has 0 aromatic rings. The molecule has 2 atom stereocenters. The van der Waals surface area contributed by atoms with Gasteiger partial charge >= 0.3 is 19.8 Å². The Labute approximate surface area is 320 Å². The summed E-state index contributed by atoms with van der Waals surface area (Å²) in [5.74, 6) is -0.802. The van der Waals surface area contributed by atoms with Crippen LogP contribution in [-0.4, -0.2) is 43.3 Å². The third kappa shape index (κ3) is 38.5. The predicted molar refractivity (Wildman–Crippen MR) is 216 cm³/mol. The molecule has 0 spiro atoms. The van der Waals surface area contributed by atoms with Crippen LogP contribution in [0, 0.1) is 0 Å². The number of ether oxygens (including phenoxy) is 2. The Hall–Kier alpha value is -1.21. The van der Waals surface area contributed by atoms with Crippen molar-refractivity contribution in [1.82, 2.24) is 0 Å². The molecule has 1 N–H and O–H groups in total. The van der Waals surface area contributed by atoms with Gasteiger partial charge in [-0.15, -0.1) is 0 Å². The van der Waals surface area contributed by atoms with Crippen molar-refractivity contribution in [1.29, 1.82) is 0 Å². The fraction of sp³-hybridized carbons (Fsp3) is 0.907. The third-order valence-corrected chi connectivity index (χ3v) is 10.7. The van der Waals surface area contributed by atoms with Gasteiger partial charge in [0.2, 0.25) is 0 Å². The molecule has 0 aliphatic rings. The standard InChI is InChI=1S/C43H83O8P/c1-4-6-8-10-12-14-16-18-20-21-22-23-24-26-27-29-31-33-35-37-42(44)49-39-41(40-50-52(46,47)48-3)51-43(45)38-36-34-32-30-28-25-19-17-15-13-11-9-7-5-2/h17,19,41H,4-16,18,20-40H2,1-3H3,(H,46,47)/b19-17-. The summed E-state index contributed by atoms with van der Waals surface area (Å²) < 4.78 is 32.0. The summed E-state index contributed by atoms with van der Waals surface area (Å²) >= 11 is 0. The fourth-order valence-electron chi connectivity index (χ4n) is 6.36. The van der Waals surface area contributed by atoms with Crippen LogP contribution in [0.15, 0.2) is 12.2 Å². The Bertz CT molecular complexity index is 864. The van der Waals surface area contributed by atoms with Crippen molar-refractivity contribution < 1.29 is 37.6 Å². The molecule has 0 amide bonds. The van der Waals surface area contributed by atoms with Crippen LogP contribution in [0.3, 0.4) is 0 Å². The second-order valence-electron chi connectivity index (χ2n) is 14.8. The van der Waals surface area contributed by atoms with E-state index < -0.39 is 26.5 Å². The molecule has 0 saturated heterocycles. The minimum atomic E-state index is -4.26. The number of hydrogen-bond acceptors (Lipinski definition) is 7. The van der Waals surface area contributed by atoms with Gasteiger partial charge < -0.3 is 14.4 Å². The topological polar surface area (TPSA) is 108 Å². The number of hydrogen-bond donors (Lipinski definition) is 1. The second kappa shape index (κ2) is 39.5. The van der Waals surface area contributed by atoms with Crippen LogP contribution in [-0.2, 0) is 32.7 Å². The number of unbranched alkanes of at least 4 members (excludes halogenated alkanes) is 28. The highest BCUT2D eigenvalue weighted by atomic mass is 31.2. The number of allylic oxidation sites excluding steroid dienone is 2. The van der Waals surface area contributed by atoms with Crippen molar-refractivity contribution in [3.63, 3.8) is 0 Å². The van der Waals surface area contributed by atoms with E-state index in [1.165, 1.54) is 141 Å². The van der Waals surface area contributed by atoms with Gasteiger partial charge in [-0.05, 0) is 38.5 Å². The first kappa shape index (κ1) is 50.8. The Morgan fingerprint density at radius 1 is 0.519 bits per heavy atom. The van der Waals surface area contributed by atoms with Gasteiger partial charge in [0.25, 0.3) is 0 Å². The Balaban J connectivity index is 3.93. The van der Waals surface area contributed by atoms with Crippen LogP contribution in [0.2, 0.25) is 0 Å². The van der Waals surface area contributed by atoms with E-state index in [1.54, 1.807) is 0 Å². The second-order valence-corrected chi connectivity index (χ2v) is 16.4. The lowest BCUT2D eigenvalue weighted by Crippen LogP contribution is -2.29. The van der Waals surface area contributed by atoms with Gasteiger partial charge in [0.05, 0.1) is 6.61 Å². The fourth-order valence-corrected chi connectivity index (χ4v) is 6.82. The van der Waals surface area contributed by atoms with Crippen LogP contribution in [0.25, 0.3) is 0 Å². The third-order valence-electron chi connectivity index (χ3n) is 9.76. The molecular formula is C43H83O8P. The smallest absolute Gasteiger partial charge is 0.462 e. The number of esters is 2. The highest BCUT2D eigenvalue weighted by Crippen LogP contribution is 2.42. The molecule has 0 aliphatic heterocycles. The van der Waals surface area contributed by atoms with Crippen LogP contribution in [0.1, 0.15) is 226 Å². The number of rotatable bonds is 41. The number of phosphoric acid groups is 1. The molecule has 0 heterocycles. The molecular weight excluding hydrogens is 675 g/mol. The van der Waals surface area contributed by atoms with E-state index >= 15 is 0 Å². The van der Waals surface area contributed by atoms with E-state index in [0.717, 1.165) is 58.5 Å². The first-order valence-electron chi connectivity index (χ1n) is 21.9. The van der Waals surface area contributed by atoms with Gasteiger partial charge in [0.15, 0.2) is 6.10 Å². The van der Waals surface area contributed by atoms with Crippen molar-refractivity contribution in [2.24, 2.45) is 0 Å². The molecule has 0 aromatic carbocycles. The van der Waals surface area contributed by atoms with E-state index in [0.29, 0.717) is 12.8 Å². The Morgan fingerprint density at radius 2 is 0.865 bits per heavy atom. The molecule has 52 heavy (non-hydrogen) atoms. The van der Waals surface area contributed by atoms with Crippen molar-refractivity contribution in [3.8, 4) is 0 Å². The molecule has 0 rings (SSSR count). The largest absolute Gasteiger partial charge is 0.472 e. The van der Waals surface area contributed by atoms with E-state index in [4.69, 9.17) is 14.0 Å². The van der Waals surface area contributed by atoms with Crippen molar-refractivity contribution in [2.45, 2.75) is 232 Å². The van der Waals surface area contributed by atoms with E-state index in [9.17, 15) is 19.0 Å². The SMILES string of the molecule is CCCCCCC/C=C\CCCCCCCC(=O)OC(COC(=O)CCCCCCCCCCCCCCCCCCCCC)COP(=O)(O)OC. The lowest BCUT2D eigenvalue weighted by Gasteiger charge is -2.19. The predicted octanol–water partition coefficient (Wildman–Crippen LogP) is 13.7. The van der Waals surface area contributed by atoms with Gasteiger partial charge in [0, 0.05) is 20.0 Å². The minimum Gasteiger partial charge on any atom is -0.462 e. The molecule has 0 aromatic heterocycles. The molecule has 9 heteroatoms. The van der Waals surface area contributed by atoms with Crippen molar-refractivity contribution in [2.75, 3.05) is 20.3 Å². The Morgan fingerprint density at radius 3 is 1.25 bits per heavy atom. The molecule has 0 bridgehead atoms. The van der Waals surface area contributed by atoms with E-state index in [2.05, 4.69) is 30.5 Å². The normalized spacial score (nSPS) is 13.4. The summed E-state index contributed by atoms with van der Waals surface area (Å²) in [6.07, 6.45) is 42.6. The monoisotopic (exact) mass is 759 g/mol. The van der Waals surface area contributed by atoms with Gasteiger partial charge in [-0.2, -0.15) is 0 Å². The average Bonchev–Trinajstić information content (AvgIpc) is 3.13. The van der Waals surface area contributed by atoms with Gasteiger partial charge in [-0.3, -0.25) is 18.6 Å². The molecule has 0 fully saturated rings. The van der Waals surface area contributed by atoms with Crippen LogP contribution < -0.4 is 0 Å². The van der Waals surface area contributed by atoms with Crippen molar-refractivity contribution in [3.05, 3.63) is 12.2 Å². The molecule has 0 saturated carbocycles. The minimum absolute atomic E-state index is 0.223. The first-order chi connectivity index (χ1) is 25.3. The highest BCUT2D eigenvalue weighted by molar-refractivity contribution is 7.47. The number of phosphoric ester groups is 1. The maximum Gasteiger partial charge on any atom is 0.472 e. The Kier molecular flexibility index (Phi) is 38.6. The molecule has 0 radical (unpaired) electrons. The van der Waals surface area contributed by atoms with E-state index in [1.807, 2.05) is 0 Å². The van der Waals surface area contributed by atoms with Gasteiger partial charge in [0.1, 0.15) is 6.61 Å². The van der Waals surface area contributed by atoms with Gasteiger partial charge in [-0.1, -0.05) is 187 Å². The summed E-state index contributed by atoms with van der Waals surface area (Å²) in [4.78, 5) is 34.4. The summed E-state index contributed by atoms with van der Waals surface area (Å²) in [6, 6.07) is 0. The first-order valence-corrected chi connectivity index (χ1v) is 23.4. The molecule has 8 nitrogen and oxygen atoms in total. The zero-order valence-electron chi connectivity index (χ0n) is 34.2. The summed E-state index contributed by atoms with van der Waals surface area (Å²) in [5.41, 5.74) is 0. The van der Waals surface area contributed by atoms with E-state index in [-0.39, 0.29) is 19.0 Å². The zero-order valence-corrected chi connectivity index (χ0v) is 35.1. The lowest BCUT2D eigenvalue weighted by molar-refractivity contribution is -0.161. The van der Waals surface area contributed by atoms with Gasteiger partial charge in [-0.25, -0.2) is 4.57 Å². The maximum absolute atomic E-state index is 12.5. The average molecular weight is 759 g/mol. The lowest BCUT2D eigenvalue weighted by atomic mass is 10.0. The zero-order chi connectivity index (χ0) is 38.2. The van der Waals surface area contributed by atoms with Crippen molar-refractivity contribution >= 4 is 19.8 Å². The summed E-state index contributed by atoms with van der Waals surface area (Å²) in [6.45, 7) is 3.90.